The minimum Gasteiger partial charge on any atom is -0.511 e. The van der Waals surface area contributed by atoms with E-state index in [1.165, 1.54) is 6.07 Å². The molecule has 1 unspecified atom stereocenters. The van der Waals surface area contributed by atoms with Crippen LogP contribution in [0.4, 0.5) is 10.2 Å². The lowest BCUT2D eigenvalue weighted by Gasteiger charge is -2.22. The summed E-state index contributed by atoms with van der Waals surface area (Å²) in [4.78, 5) is 28.5. The Morgan fingerprint density at radius 3 is 2.72 bits per heavy atom. The molecule has 2 amide bonds. The van der Waals surface area contributed by atoms with Crippen LogP contribution in [0.1, 0.15) is 18.2 Å². The van der Waals surface area contributed by atoms with Gasteiger partial charge < -0.3 is 20.3 Å². The van der Waals surface area contributed by atoms with Crippen molar-refractivity contribution in [2.45, 2.75) is 12.5 Å². The first-order valence-electron chi connectivity index (χ1n) is 8.69. The number of amides is 2. The minimum absolute atomic E-state index is 0.0469. The number of anilines is 1. The van der Waals surface area contributed by atoms with E-state index in [1.54, 1.807) is 6.07 Å². The standard InChI is InChI=1S/C20H15FN4O4/c21-12-6-7-17(22-10-12)24-20(28)18-15(26)8-14(23-19(18)27)16-9-13(25-29-16)11-4-2-1-3-5-11/h1-7,9-10,14,26H,8H2,(H,23,27)(H,22,24,28). The summed E-state index contributed by atoms with van der Waals surface area (Å²) in [6.07, 6.45) is 0.879. The molecular weight excluding hydrogens is 379 g/mol. The van der Waals surface area contributed by atoms with Gasteiger partial charge in [0, 0.05) is 18.1 Å². The maximum absolute atomic E-state index is 12.9. The highest BCUT2D eigenvalue weighted by atomic mass is 19.1. The Bertz CT molecular complexity index is 1090. The molecule has 1 aliphatic rings. The molecule has 29 heavy (non-hydrogen) atoms. The quantitative estimate of drug-likeness (QED) is 0.586. The molecule has 1 atom stereocenters. The van der Waals surface area contributed by atoms with Crippen LogP contribution in [-0.4, -0.2) is 27.1 Å². The van der Waals surface area contributed by atoms with Gasteiger partial charge in [0.2, 0.25) is 0 Å². The lowest BCUT2D eigenvalue weighted by molar-refractivity contribution is -0.123. The third-order valence-corrected chi connectivity index (χ3v) is 4.36. The number of halogens is 1. The SMILES string of the molecule is O=C(Nc1ccc(F)cn1)C1=C(O)CC(c2cc(-c3ccccc3)no2)NC1=O. The lowest BCUT2D eigenvalue weighted by Crippen LogP contribution is -2.39. The molecule has 146 valence electrons. The fourth-order valence-electron chi connectivity index (χ4n) is 2.94. The van der Waals surface area contributed by atoms with Gasteiger partial charge in [-0.05, 0) is 12.1 Å². The molecule has 8 nitrogen and oxygen atoms in total. The van der Waals surface area contributed by atoms with Gasteiger partial charge in [0.05, 0.1) is 12.2 Å². The number of pyridine rings is 1. The summed E-state index contributed by atoms with van der Waals surface area (Å²) >= 11 is 0. The van der Waals surface area contributed by atoms with Crippen molar-refractivity contribution in [3.63, 3.8) is 0 Å². The fourth-order valence-corrected chi connectivity index (χ4v) is 2.94. The zero-order valence-electron chi connectivity index (χ0n) is 14.9. The van der Waals surface area contributed by atoms with E-state index in [0.717, 1.165) is 17.8 Å². The van der Waals surface area contributed by atoms with Crippen molar-refractivity contribution in [3.05, 3.63) is 77.6 Å². The number of aliphatic hydroxyl groups is 1. The Balaban J connectivity index is 1.51. The maximum Gasteiger partial charge on any atom is 0.265 e. The van der Waals surface area contributed by atoms with Crippen molar-refractivity contribution in [1.29, 1.82) is 0 Å². The van der Waals surface area contributed by atoms with E-state index < -0.39 is 35.0 Å². The second-order valence-corrected chi connectivity index (χ2v) is 6.35. The topological polar surface area (TPSA) is 117 Å². The number of carbonyl (C=O) groups excluding carboxylic acids is 2. The number of aromatic nitrogens is 2. The van der Waals surface area contributed by atoms with Gasteiger partial charge in [-0.25, -0.2) is 9.37 Å². The molecule has 2 aromatic heterocycles. The van der Waals surface area contributed by atoms with Crippen LogP contribution in [0.3, 0.4) is 0 Å². The zero-order valence-corrected chi connectivity index (χ0v) is 14.9. The summed E-state index contributed by atoms with van der Waals surface area (Å²) in [5.74, 6) is -2.17. The number of nitrogens with zero attached hydrogens (tertiary/aromatic N) is 2. The van der Waals surface area contributed by atoms with Gasteiger partial charge in [-0.2, -0.15) is 0 Å². The van der Waals surface area contributed by atoms with E-state index >= 15 is 0 Å². The number of nitrogens with one attached hydrogen (secondary N) is 2. The highest BCUT2D eigenvalue weighted by molar-refractivity contribution is 6.23. The largest absolute Gasteiger partial charge is 0.511 e. The molecule has 0 bridgehead atoms. The molecule has 4 rings (SSSR count). The van der Waals surface area contributed by atoms with Crippen LogP contribution in [0.25, 0.3) is 11.3 Å². The summed E-state index contributed by atoms with van der Waals surface area (Å²) in [5, 5.41) is 19.3. The van der Waals surface area contributed by atoms with Crippen LogP contribution < -0.4 is 10.6 Å². The van der Waals surface area contributed by atoms with Crippen LogP contribution in [0.15, 0.2) is 70.6 Å². The molecule has 0 saturated heterocycles. The van der Waals surface area contributed by atoms with Gasteiger partial charge in [-0.15, -0.1) is 0 Å². The van der Waals surface area contributed by atoms with Crippen molar-refractivity contribution in [3.8, 4) is 11.3 Å². The Hall–Kier alpha value is -4.01. The van der Waals surface area contributed by atoms with Gasteiger partial charge in [0.15, 0.2) is 5.76 Å². The van der Waals surface area contributed by atoms with Crippen LogP contribution in [0.2, 0.25) is 0 Å². The molecule has 3 N–H and O–H groups in total. The highest BCUT2D eigenvalue weighted by Crippen LogP contribution is 2.29. The molecule has 1 aliphatic heterocycles. The zero-order chi connectivity index (χ0) is 20.4. The monoisotopic (exact) mass is 394 g/mol. The molecule has 1 aromatic carbocycles. The first-order valence-corrected chi connectivity index (χ1v) is 8.69. The van der Waals surface area contributed by atoms with E-state index in [1.807, 2.05) is 30.3 Å². The molecule has 0 fully saturated rings. The van der Waals surface area contributed by atoms with E-state index in [4.69, 9.17) is 4.52 Å². The average molecular weight is 394 g/mol. The summed E-state index contributed by atoms with van der Waals surface area (Å²) in [6, 6.07) is 12.7. The van der Waals surface area contributed by atoms with E-state index in [-0.39, 0.29) is 12.2 Å². The van der Waals surface area contributed by atoms with Crippen LogP contribution in [-0.2, 0) is 9.59 Å². The molecule has 0 saturated carbocycles. The summed E-state index contributed by atoms with van der Waals surface area (Å²) in [5.41, 5.74) is 0.996. The Morgan fingerprint density at radius 2 is 2.03 bits per heavy atom. The smallest absolute Gasteiger partial charge is 0.265 e. The number of hydrogen-bond donors (Lipinski definition) is 3. The predicted molar refractivity (Wildman–Crippen MR) is 99.9 cm³/mol. The third-order valence-electron chi connectivity index (χ3n) is 4.36. The summed E-state index contributed by atoms with van der Waals surface area (Å²) < 4.78 is 18.2. The second-order valence-electron chi connectivity index (χ2n) is 6.35. The molecule has 0 radical (unpaired) electrons. The normalized spacial score (nSPS) is 16.4. The lowest BCUT2D eigenvalue weighted by atomic mass is 9.99. The second kappa shape index (κ2) is 7.55. The molecule has 0 spiro atoms. The number of aliphatic hydroxyl groups excluding tert-OH is 1. The Kier molecular flexibility index (Phi) is 4.78. The molecular formula is C20H15FN4O4. The first kappa shape index (κ1) is 18.4. The van der Waals surface area contributed by atoms with E-state index in [9.17, 15) is 19.1 Å². The van der Waals surface area contributed by atoms with Gasteiger partial charge in [0.1, 0.15) is 28.7 Å². The summed E-state index contributed by atoms with van der Waals surface area (Å²) in [6.45, 7) is 0. The first-order chi connectivity index (χ1) is 14.0. The Morgan fingerprint density at radius 1 is 1.24 bits per heavy atom. The van der Waals surface area contributed by atoms with Crippen molar-refractivity contribution >= 4 is 17.6 Å². The van der Waals surface area contributed by atoms with Crippen LogP contribution >= 0.6 is 0 Å². The maximum atomic E-state index is 12.9. The van der Waals surface area contributed by atoms with Crippen molar-refractivity contribution < 1.29 is 23.6 Å². The highest BCUT2D eigenvalue weighted by Gasteiger charge is 2.34. The average Bonchev–Trinajstić information content (AvgIpc) is 3.20. The van der Waals surface area contributed by atoms with Gasteiger partial charge in [0.25, 0.3) is 11.8 Å². The number of carbonyl (C=O) groups is 2. The van der Waals surface area contributed by atoms with Crippen molar-refractivity contribution in [2.24, 2.45) is 0 Å². The number of hydrogen-bond acceptors (Lipinski definition) is 6. The predicted octanol–water partition coefficient (Wildman–Crippen LogP) is 2.89. The number of rotatable bonds is 4. The number of benzene rings is 1. The van der Waals surface area contributed by atoms with Gasteiger partial charge in [-0.1, -0.05) is 35.5 Å². The molecule has 9 heteroatoms. The minimum atomic E-state index is -0.847. The van der Waals surface area contributed by atoms with Crippen molar-refractivity contribution in [1.82, 2.24) is 15.5 Å². The molecule has 3 aromatic rings. The summed E-state index contributed by atoms with van der Waals surface area (Å²) in [7, 11) is 0. The fraction of sp³-hybridized carbons (Fsp3) is 0.100. The van der Waals surface area contributed by atoms with E-state index in [2.05, 4.69) is 20.8 Å². The van der Waals surface area contributed by atoms with E-state index in [0.29, 0.717) is 11.5 Å². The van der Waals surface area contributed by atoms with Crippen LogP contribution in [0.5, 0.6) is 0 Å². The Labute approximate surface area is 164 Å². The van der Waals surface area contributed by atoms with Gasteiger partial charge in [-0.3, -0.25) is 9.59 Å². The van der Waals surface area contributed by atoms with Gasteiger partial charge >= 0.3 is 0 Å². The third kappa shape index (κ3) is 3.84. The molecule has 3 heterocycles. The molecule has 0 aliphatic carbocycles. The van der Waals surface area contributed by atoms with Crippen LogP contribution in [0, 0.1) is 5.82 Å². The van der Waals surface area contributed by atoms with Crippen molar-refractivity contribution in [2.75, 3.05) is 5.32 Å².